The maximum atomic E-state index is 12.2. The van der Waals surface area contributed by atoms with Crippen molar-refractivity contribution in [3.8, 4) is 0 Å². The van der Waals surface area contributed by atoms with Crippen LogP contribution in [0.5, 0.6) is 0 Å². The van der Waals surface area contributed by atoms with Crippen LogP contribution in [0.1, 0.15) is 44.6 Å². The Labute approximate surface area is 151 Å². The summed E-state index contributed by atoms with van der Waals surface area (Å²) in [5, 5.41) is 12.3. The number of hydrogen-bond donors (Lipinski definition) is 2. The molecule has 1 amide bonds. The number of nitrogens with zero attached hydrogens (tertiary/aromatic N) is 3. The van der Waals surface area contributed by atoms with E-state index < -0.39 is 0 Å². The lowest BCUT2D eigenvalue weighted by Gasteiger charge is -2.43. The van der Waals surface area contributed by atoms with Crippen LogP contribution in [0.4, 0.5) is 5.69 Å². The van der Waals surface area contributed by atoms with Crippen LogP contribution in [-0.2, 0) is 0 Å². The SMILES string of the molecule is CC(C)CN1CCN(c2ccnc(C(=O)NC(C)C)c2)C[C@@H]1CCO. The highest BCUT2D eigenvalue weighted by molar-refractivity contribution is 5.93. The van der Waals surface area contributed by atoms with Gasteiger partial charge < -0.3 is 15.3 Å². The summed E-state index contributed by atoms with van der Waals surface area (Å²) in [5.74, 6) is 0.474. The standard InChI is InChI=1S/C19H32N4O2/c1-14(2)12-22-8-9-23(13-17(22)6-10-24)16-5-7-20-18(11-16)19(25)21-15(3)4/h5,7,11,14-15,17,24H,6,8-10,12-13H2,1-4H3,(H,21,25)/t17-/m0/s1. The van der Waals surface area contributed by atoms with Crippen LogP contribution in [0.3, 0.4) is 0 Å². The number of aliphatic hydroxyl groups excluding tert-OH is 1. The molecule has 1 saturated heterocycles. The lowest BCUT2D eigenvalue weighted by Crippen LogP contribution is -2.54. The summed E-state index contributed by atoms with van der Waals surface area (Å²) < 4.78 is 0. The molecular formula is C19H32N4O2. The Morgan fingerprint density at radius 1 is 1.36 bits per heavy atom. The van der Waals surface area contributed by atoms with Crippen LogP contribution in [0.2, 0.25) is 0 Å². The summed E-state index contributed by atoms with van der Waals surface area (Å²) >= 11 is 0. The van der Waals surface area contributed by atoms with Gasteiger partial charge in [0.1, 0.15) is 5.69 Å². The minimum atomic E-state index is -0.137. The molecule has 2 rings (SSSR count). The van der Waals surface area contributed by atoms with Gasteiger partial charge in [0.05, 0.1) is 0 Å². The molecular weight excluding hydrogens is 316 g/mol. The van der Waals surface area contributed by atoms with Crippen molar-refractivity contribution < 1.29 is 9.90 Å². The number of carbonyl (C=O) groups is 1. The van der Waals surface area contributed by atoms with E-state index in [1.54, 1.807) is 6.20 Å². The second-order valence-electron chi connectivity index (χ2n) is 7.53. The minimum Gasteiger partial charge on any atom is -0.396 e. The van der Waals surface area contributed by atoms with Gasteiger partial charge in [-0.3, -0.25) is 14.7 Å². The van der Waals surface area contributed by atoms with E-state index in [-0.39, 0.29) is 18.6 Å². The van der Waals surface area contributed by atoms with Gasteiger partial charge in [-0.05, 0) is 38.3 Å². The van der Waals surface area contributed by atoms with Crippen LogP contribution < -0.4 is 10.2 Å². The van der Waals surface area contributed by atoms with E-state index in [1.165, 1.54) is 0 Å². The van der Waals surface area contributed by atoms with Crippen molar-refractivity contribution in [3.05, 3.63) is 24.0 Å². The zero-order valence-corrected chi connectivity index (χ0v) is 15.9. The molecule has 6 heteroatoms. The molecule has 0 radical (unpaired) electrons. The Morgan fingerprint density at radius 3 is 2.76 bits per heavy atom. The summed E-state index contributed by atoms with van der Waals surface area (Å²) in [6.07, 6.45) is 2.47. The second-order valence-corrected chi connectivity index (χ2v) is 7.53. The van der Waals surface area contributed by atoms with E-state index in [2.05, 4.69) is 33.9 Å². The zero-order chi connectivity index (χ0) is 18.4. The fraction of sp³-hybridized carbons (Fsp3) is 0.684. The first kappa shape index (κ1) is 19.7. The van der Waals surface area contributed by atoms with Crippen molar-refractivity contribution in [2.45, 2.75) is 46.2 Å². The maximum Gasteiger partial charge on any atom is 0.270 e. The van der Waals surface area contributed by atoms with Crippen molar-refractivity contribution in [2.24, 2.45) is 5.92 Å². The van der Waals surface area contributed by atoms with Crippen LogP contribution in [0.25, 0.3) is 0 Å². The molecule has 1 fully saturated rings. The lowest BCUT2D eigenvalue weighted by atomic mass is 10.1. The van der Waals surface area contributed by atoms with Crippen molar-refractivity contribution >= 4 is 11.6 Å². The monoisotopic (exact) mass is 348 g/mol. The van der Waals surface area contributed by atoms with Crippen molar-refractivity contribution in [1.29, 1.82) is 0 Å². The topological polar surface area (TPSA) is 68.7 Å². The van der Waals surface area contributed by atoms with Gasteiger partial charge in [-0.1, -0.05) is 13.8 Å². The lowest BCUT2D eigenvalue weighted by molar-refractivity contribution is 0.0938. The van der Waals surface area contributed by atoms with E-state index in [1.807, 2.05) is 26.0 Å². The molecule has 1 atom stereocenters. The van der Waals surface area contributed by atoms with E-state index in [4.69, 9.17) is 0 Å². The average Bonchev–Trinajstić information content (AvgIpc) is 2.56. The number of anilines is 1. The van der Waals surface area contributed by atoms with Crippen LogP contribution in [-0.4, -0.2) is 65.8 Å². The third kappa shape index (κ3) is 5.68. The molecule has 6 nitrogen and oxygen atoms in total. The predicted molar refractivity (Wildman–Crippen MR) is 101 cm³/mol. The summed E-state index contributed by atoms with van der Waals surface area (Å²) in [4.78, 5) is 21.2. The Kier molecular flexibility index (Phi) is 7.20. The van der Waals surface area contributed by atoms with E-state index in [9.17, 15) is 9.90 Å². The van der Waals surface area contributed by atoms with E-state index in [0.29, 0.717) is 17.7 Å². The quantitative estimate of drug-likeness (QED) is 0.786. The molecule has 2 heterocycles. The summed E-state index contributed by atoms with van der Waals surface area (Å²) in [6.45, 7) is 12.3. The molecule has 0 unspecified atom stereocenters. The molecule has 0 aromatic carbocycles. The zero-order valence-electron chi connectivity index (χ0n) is 15.9. The molecule has 140 valence electrons. The molecule has 1 aliphatic heterocycles. The summed E-state index contributed by atoms with van der Waals surface area (Å²) in [5.41, 5.74) is 1.48. The van der Waals surface area contributed by atoms with Crippen LogP contribution in [0.15, 0.2) is 18.3 Å². The van der Waals surface area contributed by atoms with Gasteiger partial charge in [0.2, 0.25) is 0 Å². The van der Waals surface area contributed by atoms with Crippen LogP contribution in [0, 0.1) is 5.92 Å². The Hall–Kier alpha value is -1.66. The molecule has 0 bridgehead atoms. The third-order valence-electron chi connectivity index (χ3n) is 4.43. The second kappa shape index (κ2) is 9.15. The largest absolute Gasteiger partial charge is 0.396 e. The van der Waals surface area contributed by atoms with Gasteiger partial charge in [-0.15, -0.1) is 0 Å². The minimum absolute atomic E-state index is 0.0893. The normalized spacial score (nSPS) is 18.8. The first-order chi connectivity index (χ1) is 11.9. The number of aromatic nitrogens is 1. The van der Waals surface area contributed by atoms with Crippen LogP contribution >= 0.6 is 0 Å². The molecule has 0 aliphatic carbocycles. The molecule has 2 N–H and O–H groups in total. The summed E-state index contributed by atoms with van der Waals surface area (Å²) in [6, 6.07) is 4.25. The fourth-order valence-electron chi connectivity index (χ4n) is 3.34. The predicted octanol–water partition coefficient (Wildman–Crippen LogP) is 1.75. The van der Waals surface area contributed by atoms with Gasteiger partial charge in [0.25, 0.3) is 5.91 Å². The van der Waals surface area contributed by atoms with Gasteiger partial charge in [0, 0.05) is 56.8 Å². The van der Waals surface area contributed by atoms with Gasteiger partial charge >= 0.3 is 0 Å². The number of hydrogen-bond acceptors (Lipinski definition) is 5. The Balaban J connectivity index is 2.10. The number of amides is 1. The number of carbonyl (C=O) groups excluding carboxylic acids is 1. The molecule has 1 aromatic rings. The highest BCUT2D eigenvalue weighted by Crippen LogP contribution is 2.22. The molecule has 0 saturated carbocycles. The molecule has 0 spiro atoms. The fourth-order valence-corrected chi connectivity index (χ4v) is 3.34. The Bertz CT molecular complexity index is 562. The number of rotatable bonds is 7. The van der Waals surface area contributed by atoms with Gasteiger partial charge in [-0.25, -0.2) is 0 Å². The number of nitrogens with one attached hydrogen (secondary N) is 1. The van der Waals surface area contributed by atoms with E-state index >= 15 is 0 Å². The Morgan fingerprint density at radius 2 is 2.12 bits per heavy atom. The van der Waals surface area contributed by atoms with Gasteiger partial charge in [0.15, 0.2) is 0 Å². The molecule has 25 heavy (non-hydrogen) atoms. The van der Waals surface area contributed by atoms with Crippen molar-refractivity contribution in [3.63, 3.8) is 0 Å². The molecule has 1 aromatic heterocycles. The number of pyridine rings is 1. The third-order valence-corrected chi connectivity index (χ3v) is 4.43. The highest BCUT2D eigenvalue weighted by Gasteiger charge is 2.27. The van der Waals surface area contributed by atoms with Crippen molar-refractivity contribution in [1.82, 2.24) is 15.2 Å². The molecule has 1 aliphatic rings. The first-order valence-corrected chi connectivity index (χ1v) is 9.27. The smallest absolute Gasteiger partial charge is 0.270 e. The van der Waals surface area contributed by atoms with E-state index in [0.717, 1.165) is 38.3 Å². The number of piperazine rings is 1. The number of aliphatic hydroxyl groups is 1. The van der Waals surface area contributed by atoms with Crippen molar-refractivity contribution in [2.75, 3.05) is 37.7 Å². The maximum absolute atomic E-state index is 12.2. The first-order valence-electron chi connectivity index (χ1n) is 9.27. The average molecular weight is 348 g/mol. The highest BCUT2D eigenvalue weighted by atomic mass is 16.3. The summed E-state index contributed by atoms with van der Waals surface area (Å²) in [7, 11) is 0. The van der Waals surface area contributed by atoms with Gasteiger partial charge in [-0.2, -0.15) is 0 Å².